The number of ketones is 1. The first kappa shape index (κ1) is 19.9. The Kier molecular flexibility index (Phi) is 5.95. The Morgan fingerprint density at radius 2 is 1.78 bits per heavy atom. The predicted octanol–water partition coefficient (Wildman–Crippen LogP) is 2.36. The van der Waals surface area contributed by atoms with Crippen LogP contribution in [0.15, 0.2) is 30.3 Å². The lowest BCUT2D eigenvalue weighted by Crippen LogP contribution is -2.33. The number of ether oxygens (including phenoxy) is 5. The van der Waals surface area contributed by atoms with E-state index in [1.165, 1.54) is 0 Å². The van der Waals surface area contributed by atoms with Crippen LogP contribution >= 0.6 is 0 Å². The third-order valence-electron chi connectivity index (χ3n) is 4.32. The SMILES string of the molecule is CC(C)OC(=O)C(=O)C[C@H]1O[C@H](OCc2ccccc2)[C@H]2OC(C)(C)O[C@H]21. The van der Waals surface area contributed by atoms with E-state index in [0.29, 0.717) is 6.61 Å². The molecule has 0 N–H and O–H groups in total. The maximum Gasteiger partial charge on any atom is 0.374 e. The van der Waals surface area contributed by atoms with Crippen LogP contribution in [-0.4, -0.2) is 48.2 Å². The van der Waals surface area contributed by atoms with Gasteiger partial charge in [-0.05, 0) is 33.3 Å². The lowest BCUT2D eigenvalue weighted by atomic mass is 10.1. The van der Waals surface area contributed by atoms with Gasteiger partial charge in [0.05, 0.1) is 18.8 Å². The van der Waals surface area contributed by atoms with Gasteiger partial charge >= 0.3 is 5.97 Å². The van der Waals surface area contributed by atoms with Crippen molar-refractivity contribution in [1.82, 2.24) is 0 Å². The number of carbonyl (C=O) groups excluding carboxylic acids is 2. The zero-order valence-corrected chi connectivity index (χ0v) is 16.0. The van der Waals surface area contributed by atoms with Crippen molar-refractivity contribution in [2.45, 2.75) is 77.2 Å². The third kappa shape index (κ3) is 4.93. The van der Waals surface area contributed by atoms with E-state index in [-0.39, 0.29) is 12.5 Å². The molecule has 1 aromatic carbocycles. The molecule has 0 unspecified atom stereocenters. The summed E-state index contributed by atoms with van der Waals surface area (Å²) in [7, 11) is 0. The number of fused-ring (bicyclic) bond motifs is 1. The summed E-state index contributed by atoms with van der Waals surface area (Å²) in [4.78, 5) is 24.0. The maximum atomic E-state index is 12.2. The molecule has 2 heterocycles. The molecule has 0 spiro atoms. The van der Waals surface area contributed by atoms with Gasteiger partial charge in [0.25, 0.3) is 0 Å². The zero-order chi connectivity index (χ0) is 19.6. The molecule has 7 heteroatoms. The highest BCUT2D eigenvalue weighted by atomic mass is 16.8. The van der Waals surface area contributed by atoms with Crippen LogP contribution in [0.4, 0.5) is 0 Å². The third-order valence-corrected chi connectivity index (χ3v) is 4.32. The molecule has 2 saturated heterocycles. The Bertz CT molecular complexity index is 670. The average molecular weight is 378 g/mol. The molecule has 0 radical (unpaired) electrons. The summed E-state index contributed by atoms with van der Waals surface area (Å²) in [5.74, 6) is -2.32. The topological polar surface area (TPSA) is 80.3 Å². The molecule has 2 fully saturated rings. The second-order valence-corrected chi connectivity index (χ2v) is 7.49. The lowest BCUT2D eigenvalue weighted by molar-refractivity contribution is -0.236. The van der Waals surface area contributed by atoms with E-state index in [9.17, 15) is 9.59 Å². The first-order valence-corrected chi connectivity index (χ1v) is 9.15. The van der Waals surface area contributed by atoms with Gasteiger partial charge in [0, 0.05) is 6.42 Å². The van der Waals surface area contributed by atoms with Gasteiger partial charge in [0.15, 0.2) is 12.1 Å². The van der Waals surface area contributed by atoms with Gasteiger partial charge in [-0.3, -0.25) is 4.79 Å². The number of Topliss-reactive ketones (excluding diaryl/α,β-unsaturated/α-hetero) is 1. The van der Waals surface area contributed by atoms with E-state index in [0.717, 1.165) is 5.56 Å². The van der Waals surface area contributed by atoms with E-state index in [2.05, 4.69) is 0 Å². The number of hydrogen-bond acceptors (Lipinski definition) is 7. The van der Waals surface area contributed by atoms with Gasteiger partial charge in [0.1, 0.15) is 12.2 Å². The van der Waals surface area contributed by atoms with Crippen LogP contribution in [0.25, 0.3) is 0 Å². The highest BCUT2D eigenvalue weighted by molar-refractivity contribution is 6.33. The second-order valence-electron chi connectivity index (χ2n) is 7.49. The molecule has 0 bridgehead atoms. The summed E-state index contributed by atoms with van der Waals surface area (Å²) < 4.78 is 28.5. The van der Waals surface area contributed by atoms with E-state index in [1.54, 1.807) is 27.7 Å². The fourth-order valence-electron chi connectivity index (χ4n) is 3.24. The van der Waals surface area contributed by atoms with Crippen LogP contribution in [0.3, 0.4) is 0 Å². The Morgan fingerprint density at radius 3 is 2.44 bits per heavy atom. The Hall–Kier alpha value is -1.80. The van der Waals surface area contributed by atoms with E-state index in [1.807, 2.05) is 30.3 Å². The van der Waals surface area contributed by atoms with Crippen molar-refractivity contribution >= 4 is 11.8 Å². The molecule has 27 heavy (non-hydrogen) atoms. The van der Waals surface area contributed by atoms with Crippen LogP contribution in [0.5, 0.6) is 0 Å². The molecule has 2 aliphatic heterocycles. The summed E-state index contributed by atoms with van der Waals surface area (Å²) in [5, 5.41) is 0. The molecule has 0 aliphatic carbocycles. The first-order valence-electron chi connectivity index (χ1n) is 9.15. The Labute approximate surface area is 158 Å². The van der Waals surface area contributed by atoms with Crippen molar-refractivity contribution < 1.29 is 33.3 Å². The molecule has 7 nitrogen and oxygen atoms in total. The van der Waals surface area contributed by atoms with Gasteiger partial charge in [-0.1, -0.05) is 30.3 Å². The van der Waals surface area contributed by atoms with Crippen molar-refractivity contribution in [2.75, 3.05) is 0 Å². The molecule has 4 atom stereocenters. The standard InChI is InChI=1S/C20H26O7/c1-12(2)24-18(22)14(21)10-15-16-17(27-20(3,4)26-16)19(25-15)23-11-13-8-6-5-7-9-13/h5-9,12,15-17,19H,10-11H2,1-4H3/t15-,16+,17+,19+/m1/s1. The van der Waals surface area contributed by atoms with Gasteiger partial charge in [-0.25, -0.2) is 4.79 Å². The first-order chi connectivity index (χ1) is 12.7. The number of rotatable bonds is 7. The Morgan fingerprint density at radius 1 is 1.11 bits per heavy atom. The minimum atomic E-state index is -0.864. The normalized spacial score (nSPS) is 28.9. The molecule has 0 aromatic heterocycles. The lowest BCUT2D eigenvalue weighted by Gasteiger charge is -2.24. The molecule has 1 aromatic rings. The highest BCUT2D eigenvalue weighted by Crippen LogP contribution is 2.40. The quantitative estimate of drug-likeness (QED) is 0.532. The van der Waals surface area contributed by atoms with Crippen molar-refractivity contribution in [3.05, 3.63) is 35.9 Å². The van der Waals surface area contributed by atoms with Gasteiger partial charge < -0.3 is 23.7 Å². The minimum absolute atomic E-state index is 0.142. The number of benzene rings is 1. The molecule has 3 rings (SSSR count). The van der Waals surface area contributed by atoms with E-state index < -0.39 is 42.1 Å². The van der Waals surface area contributed by atoms with Crippen molar-refractivity contribution in [2.24, 2.45) is 0 Å². The zero-order valence-electron chi connectivity index (χ0n) is 16.0. The average Bonchev–Trinajstić information content (AvgIpc) is 3.07. The van der Waals surface area contributed by atoms with E-state index in [4.69, 9.17) is 23.7 Å². The monoisotopic (exact) mass is 378 g/mol. The van der Waals surface area contributed by atoms with Crippen LogP contribution in [0, 0.1) is 0 Å². The van der Waals surface area contributed by atoms with Crippen LogP contribution in [0.1, 0.15) is 39.7 Å². The predicted molar refractivity (Wildman–Crippen MR) is 94.6 cm³/mol. The number of esters is 1. The maximum absolute atomic E-state index is 12.2. The van der Waals surface area contributed by atoms with Gasteiger partial charge in [-0.2, -0.15) is 0 Å². The molecule has 2 aliphatic rings. The van der Waals surface area contributed by atoms with Crippen LogP contribution in [-0.2, 0) is 39.9 Å². The van der Waals surface area contributed by atoms with Crippen molar-refractivity contribution in [1.29, 1.82) is 0 Å². The molecule has 148 valence electrons. The minimum Gasteiger partial charge on any atom is -0.457 e. The summed E-state index contributed by atoms with van der Waals surface area (Å²) in [6.07, 6.45) is -2.78. The van der Waals surface area contributed by atoms with Gasteiger partial charge in [0.2, 0.25) is 5.78 Å². The Balaban J connectivity index is 1.65. The van der Waals surface area contributed by atoms with E-state index >= 15 is 0 Å². The van der Waals surface area contributed by atoms with Crippen molar-refractivity contribution in [3.8, 4) is 0 Å². The molecule has 0 amide bonds. The number of carbonyl (C=O) groups is 2. The second kappa shape index (κ2) is 8.06. The molecular weight excluding hydrogens is 352 g/mol. The fraction of sp³-hybridized carbons (Fsp3) is 0.600. The summed E-state index contributed by atoms with van der Waals surface area (Å²) in [5.41, 5.74) is 0.996. The summed E-state index contributed by atoms with van der Waals surface area (Å²) in [6.45, 7) is 7.32. The smallest absolute Gasteiger partial charge is 0.374 e. The summed E-state index contributed by atoms with van der Waals surface area (Å²) >= 11 is 0. The largest absolute Gasteiger partial charge is 0.457 e. The van der Waals surface area contributed by atoms with Crippen LogP contribution < -0.4 is 0 Å². The molecule has 0 saturated carbocycles. The van der Waals surface area contributed by atoms with Crippen LogP contribution in [0.2, 0.25) is 0 Å². The van der Waals surface area contributed by atoms with Gasteiger partial charge in [-0.15, -0.1) is 0 Å². The van der Waals surface area contributed by atoms with Crippen molar-refractivity contribution in [3.63, 3.8) is 0 Å². The fourth-order valence-corrected chi connectivity index (χ4v) is 3.24. The molecular formula is C20H26O7. The summed E-state index contributed by atoms with van der Waals surface area (Å²) in [6, 6.07) is 9.69. The number of hydrogen-bond donors (Lipinski definition) is 0. The highest BCUT2D eigenvalue weighted by Gasteiger charge is 2.56.